The fourth-order valence-corrected chi connectivity index (χ4v) is 3.12. The number of hydrogen-bond donors (Lipinski definition) is 1. The summed E-state index contributed by atoms with van der Waals surface area (Å²) in [4.78, 5) is 24.9. The van der Waals surface area contributed by atoms with Crippen molar-refractivity contribution in [3.63, 3.8) is 0 Å². The topological polar surface area (TPSA) is 58.6 Å². The summed E-state index contributed by atoms with van der Waals surface area (Å²) >= 11 is 0. The van der Waals surface area contributed by atoms with Crippen molar-refractivity contribution in [1.29, 1.82) is 0 Å². The molecule has 0 atom stereocenters. The molecule has 1 amide bonds. The molecule has 1 aliphatic rings. The molecule has 1 fully saturated rings. The van der Waals surface area contributed by atoms with Crippen LogP contribution in [0.1, 0.15) is 37.7 Å². The van der Waals surface area contributed by atoms with Crippen molar-refractivity contribution in [2.75, 3.05) is 20.2 Å². The van der Waals surface area contributed by atoms with Crippen LogP contribution in [0.15, 0.2) is 18.2 Å². The third-order valence-electron chi connectivity index (χ3n) is 4.55. The number of carbonyl (C=O) groups is 2. The maximum atomic E-state index is 13.9. The molecule has 1 aromatic carbocycles. The molecule has 0 saturated heterocycles. The SMILES string of the molecule is COC(=O)CNC(=O)CCN(Cc1c(F)cccc1F)C1CCCC1. The van der Waals surface area contributed by atoms with Crippen LogP contribution in [0.5, 0.6) is 0 Å². The number of carbonyl (C=O) groups excluding carboxylic acids is 2. The number of ether oxygens (including phenoxy) is 1. The molecule has 138 valence electrons. The van der Waals surface area contributed by atoms with Crippen molar-refractivity contribution in [3.8, 4) is 0 Å². The first-order valence-corrected chi connectivity index (χ1v) is 8.51. The highest BCUT2D eigenvalue weighted by Crippen LogP contribution is 2.26. The molecule has 1 saturated carbocycles. The second-order valence-corrected chi connectivity index (χ2v) is 6.21. The van der Waals surface area contributed by atoms with E-state index in [0.717, 1.165) is 25.7 Å². The van der Waals surface area contributed by atoms with Gasteiger partial charge < -0.3 is 10.1 Å². The summed E-state index contributed by atoms with van der Waals surface area (Å²) in [5.74, 6) is -1.95. The summed E-state index contributed by atoms with van der Waals surface area (Å²) in [7, 11) is 1.25. The fourth-order valence-electron chi connectivity index (χ4n) is 3.12. The molecule has 1 aliphatic carbocycles. The third-order valence-corrected chi connectivity index (χ3v) is 4.55. The smallest absolute Gasteiger partial charge is 0.325 e. The lowest BCUT2D eigenvalue weighted by Crippen LogP contribution is -2.38. The van der Waals surface area contributed by atoms with Gasteiger partial charge in [-0.1, -0.05) is 18.9 Å². The summed E-state index contributed by atoms with van der Waals surface area (Å²) in [6.07, 6.45) is 4.23. The van der Waals surface area contributed by atoms with Crippen LogP contribution >= 0.6 is 0 Å². The normalized spacial score (nSPS) is 14.7. The molecule has 0 bridgehead atoms. The van der Waals surface area contributed by atoms with E-state index in [-0.39, 0.29) is 37.0 Å². The quantitative estimate of drug-likeness (QED) is 0.729. The maximum Gasteiger partial charge on any atom is 0.325 e. The van der Waals surface area contributed by atoms with Crippen molar-refractivity contribution < 1.29 is 23.1 Å². The molecule has 0 radical (unpaired) electrons. The van der Waals surface area contributed by atoms with Crippen molar-refractivity contribution in [2.24, 2.45) is 0 Å². The Balaban J connectivity index is 1.97. The summed E-state index contributed by atoms with van der Waals surface area (Å²) < 4.78 is 32.4. The second-order valence-electron chi connectivity index (χ2n) is 6.21. The number of rotatable bonds is 8. The van der Waals surface area contributed by atoms with Crippen LogP contribution in [0, 0.1) is 11.6 Å². The predicted molar refractivity (Wildman–Crippen MR) is 88.7 cm³/mol. The predicted octanol–water partition coefficient (Wildman–Crippen LogP) is 2.39. The third kappa shape index (κ3) is 5.77. The summed E-state index contributed by atoms with van der Waals surface area (Å²) in [6, 6.07) is 4.05. The first-order chi connectivity index (χ1) is 12.0. The Morgan fingerprint density at radius 3 is 2.48 bits per heavy atom. The molecular formula is C18H24F2N2O3. The molecule has 25 heavy (non-hydrogen) atoms. The highest BCUT2D eigenvalue weighted by atomic mass is 19.1. The van der Waals surface area contributed by atoms with Crippen LogP contribution in [0.2, 0.25) is 0 Å². The van der Waals surface area contributed by atoms with Gasteiger partial charge in [0.1, 0.15) is 18.2 Å². The van der Waals surface area contributed by atoms with E-state index in [1.54, 1.807) is 0 Å². The Hall–Kier alpha value is -2.02. The van der Waals surface area contributed by atoms with Crippen molar-refractivity contribution in [2.45, 2.75) is 44.7 Å². The van der Waals surface area contributed by atoms with Gasteiger partial charge in [-0.3, -0.25) is 14.5 Å². The van der Waals surface area contributed by atoms with Crippen molar-refractivity contribution >= 4 is 11.9 Å². The Bertz CT molecular complexity index is 584. The van der Waals surface area contributed by atoms with E-state index in [1.807, 2.05) is 4.90 Å². The molecule has 1 N–H and O–H groups in total. The number of benzene rings is 1. The Kier molecular flexibility index (Phi) is 7.31. The van der Waals surface area contributed by atoms with Gasteiger partial charge in [0.15, 0.2) is 0 Å². The summed E-state index contributed by atoms with van der Waals surface area (Å²) in [6.45, 7) is 0.333. The van der Waals surface area contributed by atoms with Gasteiger partial charge >= 0.3 is 5.97 Å². The average molecular weight is 354 g/mol. The van der Waals surface area contributed by atoms with Gasteiger partial charge in [-0.25, -0.2) is 8.78 Å². The number of nitrogens with zero attached hydrogens (tertiary/aromatic N) is 1. The maximum absolute atomic E-state index is 13.9. The largest absolute Gasteiger partial charge is 0.468 e. The van der Waals surface area contributed by atoms with E-state index in [1.165, 1.54) is 25.3 Å². The van der Waals surface area contributed by atoms with Gasteiger partial charge in [-0.2, -0.15) is 0 Å². The summed E-state index contributed by atoms with van der Waals surface area (Å²) in [5.41, 5.74) is 0.0318. The fraction of sp³-hybridized carbons (Fsp3) is 0.556. The van der Waals surface area contributed by atoms with Gasteiger partial charge in [0, 0.05) is 31.1 Å². The van der Waals surface area contributed by atoms with Crippen LogP contribution < -0.4 is 5.32 Å². The minimum absolute atomic E-state index is 0.0318. The highest BCUT2D eigenvalue weighted by Gasteiger charge is 2.25. The zero-order chi connectivity index (χ0) is 18.2. The first-order valence-electron chi connectivity index (χ1n) is 8.51. The number of halogens is 2. The van der Waals surface area contributed by atoms with Crippen LogP contribution in [0.3, 0.4) is 0 Å². The van der Waals surface area contributed by atoms with E-state index in [2.05, 4.69) is 10.1 Å². The van der Waals surface area contributed by atoms with Gasteiger partial charge in [0.05, 0.1) is 7.11 Å². The van der Waals surface area contributed by atoms with Crippen LogP contribution in [0.4, 0.5) is 8.78 Å². The van der Waals surface area contributed by atoms with Gasteiger partial charge in [-0.15, -0.1) is 0 Å². The van der Waals surface area contributed by atoms with Crippen LogP contribution in [0.25, 0.3) is 0 Å². The van der Waals surface area contributed by atoms with E-state index < -0.39 is 17.6 Å². The first kappa shape index (κ1) is 19.3. The van der Waals surface area contributed by atoms with Crippen molar-refractivity contribution in [1.82, 2.24) is 10.2 Å². The van der Waals surface area contributed by atoms with Crippen molar-refractivity contribution in [3.05, 3.63) is 35.4 Å². The molecule has 0 aliphatic heterocycles. The van der Waals surface area contributed by atoms with Gasteiger partial charge in [0.2, 0.25) is 5.91 Å². The number of methoxy groups -OCH3 is 1. The van der Waals surface area contributed by atoms with E-state index >= 15 is 0 Å². The minimum Gasteiger partial charge on any atom is -0.468 e. The van der Waals surface area contributed by atoms with E-state index in [4.69, 9.17) is 0 Å². The lowest BCUT2D eigenvalue weighted by Gasteiger charge is -2.29. The van der Waals surface area contributed by atoms with Crippen LogP contribution in [-0.4, -0.2) is 43.0 Å². The molecule has 0 aromatic heterocycles. The molecule has 5 nitrogen and oxygen atoms in total. The van der Waals surface area contributed by atoms with Gasteiger partial charge in [0.25, 0.3) is 0 Å². The molecule has 1 aromatic rings. The van der Waals surface area contributed by atoms with Gasteiger partial charge in [-0.05, 0) is 25.0 Å². The van der Waals surface area contributed by atoms with E-state index in [9.17, 15) is 18.4 Å². The zero-order valence-corrected chi connectivity index (χ0v) is 14.4. The Morgan fingerprint density at radius 1 is 1.24 bits per heavy atom. The molecule has 2 rings (SSSR count). The summed E-state index contributed by atoms with van der Waals surface area (Å²) in [5, 5.41) is 2.48. The number of amides is 1. The lowest BCUT2D eigenvalue weighted by molar-refractivity contribution is -0.141. The Morgan fingerprint density at radius 2 is 1.88 bits per heavy atom. The molecular weight excluding hydrogens is 330 g/mol. The minimum atomic E-state index is -0.571. The second kappa shape index (κ2) is 9.46. The lowest BCUT2D eigenvalue weighted by atomic mass is 10.1. The highest BCUT2D eigenvalue weighted by molar-refractivity contribution is 5.81. The number of nitrogens with one attached hydrogen (secondary N) is 1. The molecule has 0 heterocycles. The Labute approximate surface area is 146 Å². The number of esters is 1. The molecule has 7 heteroatoms. The monoisotopic (exact) mass is 354 g/mol. The van der Waals surface area contributed by atoms with Crippen LogP contribution in [-0.2, 0) is 20.9 Å². The van der Waals surface area contributed by atoms with E-state index in [0.29, 0.717) is 6.54 Å². The number of hydrogen-bond acceptors (Lipinski definition) is 4. The molecule has 0 spiro atoms. The molecule has 0 unspecified atom stereocenters. The average Bonchev–Trinajstić information content (AvgIpc) is 3.13. The standard InChI is InChI=1S/C18H24F2N2O3/c1-25-18(24)11-21-17(23)9-10-22(13-5-2-3-6-13)12-14-15(19)7-4-8-16(14)20/h4,7-8,13H,2-3,5-6,9-12H2,1H3,(H,21,23). The zero-order valence-electron chi connectivity index (χ0n) is 14.4.